The minimum atomic E-state index is -0.248. The Labute approximate surface area is 134 Å². The molecule has 0 saturated carbocycles. The monoisotopic (exact) mass is 317 g/mol. The molecule has 0 radical (unpaired) electrons. The van der Waals surface area contributed by atoms with Gasteiger partial charge in [0.2, 0.25) is 0 Å². The maximum absolute atomic E-state index is 12.6. The third-order valence-corrected chi connectivity index (χ3v) is 4.30. The summed E-state index contributed by atoms with van der Waals surface area (Å²) in [6.45, 7) is 0.528. The standard InChI is InChI=1S/C17H19NO3S/c1-18(11-6-9-15(19)21-2)17(20)16-14(10-12-22-16)13-7-4-3-5-8-13/h3-5,7-8,10,12H,6,9,11H2,1-2H3. The van der Waals surface area contributed by atoms with E-state index in [1.54, 1.807) is 11.9 Å². The zero-order chi connectivity index (χ0) is 15.9. The van der Waals surface area contributed by atoms with Crippen molar-refractivity contribution in [2.75, 3.05) is 20.7 Å². The van der Waals surface area contributed by atoms with Crippen LogP contribution < -0.4 is 0 Å². The van der Waals surface area contributed by atoms with Crippen molar-refractivity contribution in [3.63, 3.8) is 0 Å². The van der Waals surface area contributed by atoms with Gasteiger partial charge in [-0.2, -0.15) is 0 Å². The Hall–Kier alpha value is -2.14. The molecule has 0 unspecified atom stereocenters. The smallest absolute Gasteiger partial charge is 0.305 e. The number of ether oxygens (including phenoxy) is 1. The van der Waals surface area contributed by atoms with E-state index in [2.05, 4.69) is 4.74 Å². The molecule has 2 aromatic rings. The molecular formula is C17H19NO3S. The van der Waals surface area contributed by atoms with Crippen LogP contribution in [0.5, 0.6) is 0 Å². The Bertz CT molecular complexity index is 636. The van der Waals surface area contributed by atoms with Crippen molar-refractivity contribution in [3.05, 3.63) is 46.7 Å². The van der Waals surface area contributed by atoms with Crippen molar-refractivity contribution < 1.29 is 14.3 Å². The highest BCUT2D eigenvalue weighted by Crippen LogP contribution is 2.29. The van der Waals surface area contributed by atoms with E-state index in [-0.39, 0.29) is 11.9 Å². The molecule has 0 fully saturated rings. The molecule has 0 saturated heterocycles. The first-order chi connectivity index (χ1) is 10.6. The Morgan fingerprint density at radius 1 is 1.18 bits per heavy atom. The Morgan fingerprint density at radius 2 is 1.91 bits per heavy atom. The van der Waals surface area contributed by atoms with Gasteiger partial charge in [-0.1, -0.05) is 30.3 Å². The summed E-state index contributed by atoms with van der Waals surface area (Å²) < 4.78 is 4.60. The molecule has 0 aliphatic heterocycles. The van der Waals surface area contributed by atoms with Crippen LogP contribution >= 0.6 is 11.3 Å². The van der Waals surface area contributed by atoms with Gasteiger partial charge in [0.05, 0.1) is 12.0 Å². The van der Waals surface area contributed by atoms with Crippen LogP contribution in [-0.4, -0.2) is 37.5 Å². The third-order valence-electron chi connectivity index (χ3n) is 3.39. The predicted molar refractivity (Wildman–Crippen MR) is 88.0 cm³/mol. The number of esters is 1. The lowest BCUT2D eigenvalue weighted by Gasteiger charge is -2.17. The van der Waals surface area contributed by atoms with Gasteiger partial charge in [-0.3, -0.25) is 9.59 Å². The molecular weight excluding hydrogens is 298 g/mol. The number of hydrogen-bond donors (Lipinski definition) is 0. The van der Waals surface area contributed by atoms with E-state index < -0.39 is 0 Å². The highest BCUT2D eigenvalue weighted by Gasteiger charge is 2.18. The van der Waals surface area contributed by atoms with Gasteiger partial charge in [0.25, 0.3) is 5.91 Å². The number of benzene rings is 1. The third kappa shape index (κ3) is 3.95. The van der Waals surface area contributed by atoms with Crippen molar-refractivity contribution in [1.82, 2.24) is 4.90 Å². The quantitative estimate of drug-likeness (QED) is 0.767. The average molecular weight is 317 g/mol. The SMILES string of the molecule is COC(=O)CCCN(C)C(=O)c1sccc1-c1ccccc1. The van der Waals surface area contributed by atoms with Crippen molar-refractivity contribution in [2.24, 2.45) is 0 Å². The van der Waals surface area contributed by atoms with Crippen LogP contribution in [0, 0.1) is 0 Å². The summed E-state index contributed by atoms with van der Waals surface area (Å²) in [5.41, 5.74) is 1.99. The zero-order valence-electron chi connectivity index (χ0n) is 12.7. The predicted octanol–water partition coefficient (Wildman–Crippen LogP) is 3.44. The number of hydrogen-bond acceptors (Lipinski definition) is 4. The molecule has 0 bridgehead atoms. The van der Waals surface area contributed by atoms with E-state index in [9.17, 15) is 9.59 Å². The number of carbonyl (C=O) groups is 2. The lowest BCUT2D eigenvalue weighted by molar-refractivity contribution is -0.140. The van der Waals surface area contributed by atoms with Crippen LogP contribution in [0.3, 0.4) is 0 Å². The van der Waals surface area contributed by atoms with Crippen LogP contribution in [0.15, 0.2) is 41.8 Å². The van der Waals surface area contributed by atoms with E-state index in [4.69, 9.17) is 0 Å². The fourth-order valence-corrected chi connectivity index (χ4v) is 3.07. The van der Waals surface area contributed by atoms with Gasteiger partial charge >= 0.3 is 5.97 Å². The zero-order valence-corrected chi connectivity index (χ0v) is 13.6. The molecule has 0 aliphatic rings. The van der Waals surface area contributed by atoms with Gasteiger partial charge in [0, 0.05) is 25.6 Å². The molecule has 2 rings (SSSR count). The van der Waals surface area contributed by atoms with E-state index in [0.717, 1.165) is 16.0 Å². The van der Waals surface area contributed by atoms with Crippen LogP contribution in [-0.2, 0) is 9.53 Å². The van der Waals surface area contributed by atoms with Crippen molar-refractivity contribution in [2.45, 2.75) is 12.8 Å². The second-order valence-electron chi connectivity index (χ2n) is 4.94. The molecule has 0 aliphatic carbocycles. The molecule has 4 nitrogen and oxygen atoms in total. The summed E-state index contributed by atoms with van der Waals surface area (Å²) in [4.78, 5) is 26.1. The van der Waals surface area contributed by atoms with E-state index in [0.29, 0.717) is 19.4 Å². The molecule has 1 amide bonds. The summed E-state index contributed by atoms with van der Waals surface area (Å²) in [7, 11) is 3.13. The highest BCUT2D eigenvalue weighted by molar-refractivity contribution is 7.12. The maximum Gasteiger partial charge on any atom is 0.305 e. The van der Waals surface area contributed by atoms with Crippen LogP contribution in [0.4, 0.5) is 0 Å². The summed E-state index contributed by atoms with van der Waals surface area (Å²) in [5.74, 6) is -0.263. The molecule has 1 aromatic heterocycles. The summed E-state index contributed by atoms with van der Waals surface area (Å²) >= 11 is 1.44. The fraction of sp³-hybridized carbons (Fsp3) is 0.294. The van der Waals surface area contributed by atoms with E-state index in [1.165, 1.54) is 18.4 Å². The second kappa shape index (κ2) is 7.75. The molecule has 1 heterocycles. The summed E-state index contributed by atoms with van der Waals surface area (Å²) in [5, 5.41) is 1.93. The first-order valence-corrected chi connectivity index (χ1v) is 7.96. The molecule has 0 atom stereocenters. The second-order valence-corrected chi connectivity index (χ2v) is 5.85. The van der Waals surface area contributed by atoms with Crippen molar-refractivity contribution in [3.8, 4) is 11.1 Å². The first kappa shape index (κ1) is 16.2. The molecule has 5 heteroatoms. The molecule has 1 aromatic carbocycles. The number of amides is 1. The summed E-state index contributed by atoms with van der Waals surface area (Å²) in [6, 6.07) is 11.8. The topological polar surface area (TPSA) is 46.6 Å². The van der Waals surface area contributed by atoms with Crippen LogP contribution in [0.25, 0.3) is 11.1 Å². The van der Waals surface area contributed by atoms with E-state index >= 15 is 0 Å². The fourth-order valence-electron chi connectivity index (χ4n) is 2.16. The number of nitrogens with zero attached hydrogens (tertiary/aromatic N) is 1. The van der Waals surface area contributed by atoms with Gasteiger partial charge in [-0.25, -0.2) is 0 Å². The molecule has 22 heavy (non-hydrogen) atoms. The molecule has 0 spiro atoms. The number of thiophene rings is 1. The summed E-state index contributed by atoms with van der Waals surface area (Å²) in [6.07, 6.45) is 0.922. The minimum absolute atomic E-state index is 0.0151. The Kier molecular flexibility index (Phi) is 5.72. The van der Waals surface area contributed by atoms with Gasteiger partial charge in [-0.05, 0) is 23.4 Å². The first-order valence-electron chi connectivity index (χ1n) is 7.08. The van der Waals surface area contributed by atoms with Gasteiger partial charge in [0.15, 0.2) is 0 Å². The average Bonchev–Trinajstić information content (AvgIpc) is 3.04. The lowest BCUT2D eigenvalue weighted by atomic mass is 10.1. The van der Waals surface area contributed by atoms with Crippen molar-refractivity contribution >= 4 is 23.2 Å². The minimum Gasteiger partial charge on any atom is -0.469 e. The normalized spacial score (nSPS) is 10.3. The number of carbonyl (C=O) groups excluding carboxylic acids is 2. The van der Waals surface area contributed by atoms with Crippen molar-refractivity contribution in [1.29, 1.82) is 0 Å². The number of rotatable bonds is 6. The van der Waals surface area contributed by atoms with Crippen LogP contribution in [0.2, 0.25) is 0 Å². The van der Waals surface area contributed by atoms with Gasteiger partial charge in [-0.15, -0.1) is 11.3 Å². The maximum atomic E-state index is 12.6. The van der Waals surface area contributed by atoms with Crippen LogP contribution in [0.1, 0.15) is 22.5 Å². The van der Waals surface area contributed by atoms with Gasteiger partial charge < -0.3 is 9.64 Å². The molecule has 116 valence electrons. The highest BCUT2D eigenvalue weighted by atomic mass is 32.1. The molecule has 0 N–H and O–H groups in total. The van der Waals surface area contributed by atoms with E-state index in [1.807, 2.05) is 41.8 Å². The number of methoxy groups -OCH3 is 1. The largest absolute Gasteiger partial charge is 0.469 e. The lowest BCUT2D eigenvalue weighted by Crippen LogP contribution is -2.27. The Morgan fingerprint density at radius 3 is 2.59 bits per heavy atom. The Balaban J connectivity index is 2.04. The van der Waals surface area contributed by atoms with Gasteiger partial charge in [0.1, 0.15) is 0 Å².